The highest BCUT2D eigenvalue weighted by atomic mass is 35.5. The van der Waals surface area contributed by atoms with Gasteiger partial charge >= 0.3 is 0 Å². The fourth-order valence-corrected chi connectivity index (χ4v) is 3.25. The van der Waals surface area contributed by atoms with Gasteiger partial charge in [0.1, 0.15) is 24.3 Å². The fourth-order valence-electron chi connectivity index (χ4n) is 3.02. The second kappa shape index (κ2) is 9.48. The maximum Gasteiger partial charge on any atom is 0.131 e. The summed E-state index contributed by atoms with van der Waals surface area (Å²) in [4.78, 5) is 2.12. The number of β-amino-alcohol motifs (C(OH)–C–C–N with tert-alkyl or cyclic N) is 1. The normalized spacial score (nSPS) is 16.3. The smallest absolute Gasteiger partial charge is 0.131 e. The lowest BCUT2D eigenvalue weighted by Gasteiger charge is -2.28. The van der Waals surface area contributed by atoms with Gasteiger partial charge in [0.15, 0.2) is 0 Å². The van der Waals surface area contributed by atoms with Crippen LogP contribution >= 0.6 is 11.6 Å². The summed E-state index contributed by atoms with van der Waals surface area (Å²) < 4.78 is 25.2. The second-order valence-electron chi connectivity index (χ2n) is 6.53. The molecule has 2 aromatic rings. The largest absolute Gasteiger partial charge is 0.491 e. The Bertz CT molecular complexity index is 768. The third-order valence-corrected chi connectivity index (χ3v) is 4.63. The minimum atomic E-state index is -0.653. The molecule has 0 amide bonds. The monoisotopic (exact) mass is 395 g/mol. The molecule has 7 heteroatoms. The Labute approximate surface area is 162 Å². The van der Waals surface area contributed by atoms with Crippen LogP contribution in [0.3, 0.4) is 0 Å². The van der Waals surface area contributed by atoms with Crippen LogP contribution in [0, 0.1) is 5.82 Å². The summed E-state index contributed by atoms with van der Waals surface area (Å²) in [6.45, 7) is 3.36. The van der Waals surface area contributed by atoms with E-state index in [0.29, 0.717) is 47.2 Å². The van der Waals surface area contributed by atoms with Gasteiger partial charge in [0.05, 0.1) is 19.8 Å². The van der Waals surface area contributed by atoms with Crippen LogP contribution in [0.25, 0.3) is 11.1 Å². The first-order chi connectivity index (χ1) is 13.0. The molecule has 1 unspecified atom stereocenters. The Morgan fingerprint density at radius 1 is 1.19 bits per heavy atom. The van der Waals surface area contributed by atoms with Crippen molar-refractivity contribution in [3.05, 3.63) is 52.8 Å². The molecule has 5 nitrogen and oxygen atoms in total. The maximum absolute atomic E-state index is 14.2. The standard InChI is InChI=1S/C20H23ClFNO4/c21-16-8-15(19-7-14(12-24)1-2-20(19)22)9-18(10-16)27-13-17(25)11-23-3-5-26-6-4-23/h1-2,7-10,17,24-25H,3-6,11-13H2. The van der Waals surface area contributed by atoms with Crippen molar-refractivity contribution in [3.8, 4) is 16.9 Å². The molecule has 3 rings (SSSR count). The van der Waals surface area contributed by atoms with Crippen molar-refractivity contribution < 1.29 is 24.1 Å². The lowest BCUT2D eigenvalue weighted by molar-refractivity contribution is 0.00466. The van der Waals surface area contributed by atoms with Crippen molar-refractivity contribution in [3.63, 3.8) is 0 Å². The molecule has 1 atom stereocenters. The summed E-state index contributed by atoms with van der Waals surface area (Å²) in [5.74, 6) is 0.0418. The summed E-state index contributed by atoms with van der Waals surface area (Å²) in [5.41, 5.74) is 1.49. The average Bonchev–Trinajstić information content (AvgIpc) is 2.67. The van der Waals surface area contributed by atoms with E-state index in [-0.39, 0.29) is 13.2 Å². The minimum absolute atomic E-state index is 0.107. The zero-order valence-electron chi connectivity index (χ0n) is 14.9. The Hall–Kier alpha value is -1.70. The first-order valence-electron chi connectivity index (χ1n) is 8.86. The van der Waals surface area contributed by atoms with Crippen LogP contribution < -0.4 is 4.74 Å². The molecule has 1 heterocycles. The number of aliphatic hydroxyl groups excluding tert-OH is 2. The molecular weight excluding hydrogens is 373 g/mol. The predicted molar refractivity (Wildman–Crippen MR) is 102 cm³/mol. The molecule has 0 spiro atoms. The van der Waals surface area contributed by atoms with E-state index in [1.807, 2.05) is 0 Å². The highest BCUT2D eigenvalue weighted by Gasteiger charge is 2.16. The number of nitrogens with zero attached hydrogens (tertiary/aromatic N) is 1. The van der Waals surface area contributed by atoms with Gasteiger partial charge in [-0.25, -0.2) is 4.39 Å². The minimum Gasteiger partial charge on any atom is -0.491 e. The van der Waals surface area contributed by atoms with Crippen LogP contribution in [-0.4, -0.2) is 60.7 Å². The molecule has 0 radical (unpaired) electrons. The molecular formula is C20H23ClFNO4. The first-order valence-corrected chi connectivity index (χ1v) is 9.24. The van der Waals surface area contributed by atoms with Gasteiger partial charge in [-0.3, -0.25) is 4.90 Å². The average molecular weight is 396 g/mol. The Balaban J connectivity index is 1.68. The maximum atomic E-state index is 14.2. The predicted octanol–water partition coefficient (Wildman–Crippen LogP) is 2.71. The number of hydrogen-bond donors (Lipinski definition) is 2. The molecule has 0 aliphatic carbocycles. The van der Waals surface area contributed by atoms with E-state index in [2.05, 4.69) is 4.90 Å². The van der Waals surface area contributed by atoms with E-state index in [9.17, 15) is 14.6 Å². The summed E-state index contributed by atoms with van der Waals surface area (Å²) in [6.07, 6.45) is -0.653. The highest BCUT2D eigenvalue weighted by molar-refractivity contribution is 6.31. The molecule has 2 aromatic carbocycles. The van der Waals surface area contributed by atoms with Crippen LogP contribution in [0.1, 0.15) is 5.56 Å². The SMILES string of the molecule is OCc1ccc(F)c(-c2cc(Cl)cc(OCC(O)CN3CCOCC3)c2)c1. The van der Waals surface area contributed by atoms with Gasteiger partial charge in [-0.2, -0.15) is 0 Å². The summed E-state index contributed by atoms with van der Waals surface area (Å²) in [7, 11) is 0. The van der Waals surface area contributed by atoms with E-state index >= 15 is 0 Å². The van der Waals surface area contributed by atoms with Crippen molar-refractivity contribution in [2.75, 3.05) is 39.5 Å². The zero-order chi connectivity index (χ0) is 19.2. The van der Waals surface area contributed by atoms with Crippen LogP contribution in [0.4, 0.5) is 4.39 Å². The molecule has 1 aliphatic rings. The van der Waals surface area contributed by atoms with Crippen molar-refractivity contribution >= 4 is 11.6 Å². The fraction of sp³-hybridized carbons (Fsp3) is 0.400. The van der Waals surface area contributed by atoms with Crippen LogP contribution in [0.5, 0.6) is 5.75 Å². The van der Waals surface area contributed by atoms with Crippen LogP contribution in [0.2, 0.25) is 5.02 Å². The summed E-state index contributed by atoms with van der Waals surface area (Å²) >= 11 is 6.16. The van der Waals surface area contributed by atoms with Gasteiger partial charge < -0.3 is 19.7 Å². The van der Waals surface area contributed by atoms with E-state index in [4.69, 9.17) is 21.1 Å². The highest BCUT2D eigenvalue weighted by Crippen LogP contribution is 2.31. The first kappa shape index (κ1) is 20.0. The number of hydrogen-bond acceptors (Lipinski definition) is 5. The van der Waals surface area contributed by atoms with E-state index in [1.165, 1.54) is 12.1 Å². The van der Waals surface area contributed by atoms with E-state index in [1.54, 1.807) is 24.3 Å². The van der Waals surface area contributed by atoms with Gasteiger partial charge in [0.2, 0.25) is 0 Å². The number of benzene rings is 2. The molecule has 146 valence electrons. The number of ether oxygens (including phenoxy) is 2. The number of morpholine rings is 1. The molecule has 27 heavy (non-hydrogen) atoms. The third-order valence-electron chi connectivity index (χ3n) is 4.41. The summed E-state index contributed by atoms with van der Waals surface area (Å²) in [6, 6.07) is 9.36. The van der Waals surface area contributed by atoms with Gasteiger partial charge in [-0.1, -0.05) is 17.7 Å². The number of aliphatic hydroxyl groups is 2. The third kappa shape index (κ3) is 5.64. The van der Waals surface area contributed by atoms with Crippen molar-refractivity contribution in [2.45, 2.75) is 12.7 Å². The topological polar surface area (TPSA) is 62.2 Å². The van der Waals surface area contributed by atoms with Gasteiger partial charge in [0, 0.05) is 30.2 Å². The molecule has 1 fully saturated rings. The molecule has 0 saturated carbocycles. The van der Waals surface area contributed by atoms with Crippen molar-refractivity contribution in [2.24, 2.45) is 0 Å². The molecule has 0 bridgehead atoms. The van der Waals surface area contributed by atoms with Crippen LogP contribution in [0.15, 0.2) is 36.4 Å². The Kier molecular flexibility index (Phi) is 7.04. The molecule has 1 aliphatic heterocycles. The van der Waals surface area contributed by atoms with Gasteiger partial charge in [-0.05, 0) is 41.5 Å². The second-order valence-corrected chi connectivity index (χ2v) is 6.96. The zero-order valence-corrected chi connectivity index (χ0v) is 15.7. The Morgan fingerprint density at radius 2 is 1.96 bits per heavy atom. The van der Waals surface area contributed by atoms with Crippen LogP contribution in [-0.2, 0) is 11.3 Å². The number of rotatable bonds is 7. The quantitative estimate of drug-likeness (QED) is 0.754. The van der Waals surface area contributed by atoms with Crippen molar-refractivity contribution in [1.82, 2.24) is 4.90 Å². The van der Waals surface area contributed by atoms with Gasteiger partial charge in [-0.15, -0.1) is 0 Å². The Morgan fingerprint density at radius 3 is 2.70 bits per heavy atom. The summed E-state index contributed by atoms with van der Waals surface area (Å²) in [5, 5.41) is 19.9. The molecule has 1 saturated heterocycles. The molecule has 2 N–H and O–H groups in total. The van der Waals surface area contributed by atoms with E-state index < -0.39 is 11.9 Å². The van der Waals surface area contributed by atoms with Gasteiger partial charge in [0.25, 0.3) is 0 Å². The lowest BCUT2D eigenvalue weighted by atomic mass is 10.0. The molecule has 0 aromatic heterocycles. The van der Waals surface area contributed by atoms with Crippen molar-refractivity contribution in [1.29, 1.82) is 0 Å². The number of halogens is 2. The van der Waals surface area contributed by atoms with E-state index in [0.717, 1.165) is 13.1 Å². The lowest BCUT2D eigenvalue weighted by Crippen LogP contribution is -2.42.